The summed E-state index contributed by atoms with van der Waals surface area (Å²) < 4.78 is 5.25. The Balaban J connectivity index is 1.51. The lowest BCUT2D eigenvalue weighted by atomic mass is 10.1. The number of amides is 2. The summed E-state index contributed by atoms with van der Waals surface area (Å²) in [6.45, 7) is 2.09. The molecule has 2 N–H and O–H groups in total. The molecule has 0 spiro atoms. The molecular weight excluding hydrogens is 404 g/mol. The van der Waals surface area contributed by atoms with Crippen molar-refractivity contribution < 1.29 is 14.3 Å². The van der Waals surface area contributed by atoms with Gasteiger partial charge >= 0.3 is 0 Å². The van der Waals surface area contributed by atoms with Gasteiger partial charge in [-0.05, 0) is 36.4 Å². The molecule has 154 valence electrons. The van der Waals surface area contributed by atoms with Gasteiger partial charge in [-0.3, -0.25) is 14.6 Å². The van der Waals surface area contributed by atoms with Gasteiger partial charge in [0.1, 0.15) is 0 Å². The molecule has 0 atom stereocenters. The summed E-state index contributed by atoms with van der Waals surface area (Å²) in [5.74, 6) is -0.442. The lowest BCUT2D eigenvalue weighted by Gasteiger charge is -2.26. The fourth-order valence-electron chi connectivity index (χ4n) is 3.34. The highest BCUT2D eigenvalue weighted by molar-refractivity contribution is 6.31. The summed E-state index contributed by atoms with van der Waals surface area (Å²) in [6.07, 6.45) is 1.70. The highest BCUT2D eigenvalue weighted by Gasteiger charge is 2.18. The van der Waals surface area contributed by atoms with Crippen LogP contribution < -0.4 is 10.6 Å². The summed E-state index contributed by atoms with van der Waals surface area (Å²) in [4.78, 5) is 31.1. The molecule has 0 bridgehead atoms. The van der Waals surface area contributed by atoms with E-state index >= 15 is 0 Å². The van der Waals surface area contributed by atoms with Crippen molar-refractivity contribution in [1.29, 1.82) is 0 Å². The first-order valence-corrected chi connectivity index (χ1v) is 10.0. The Morgan fingerprint density at radius 2 is 1.87 bits per heavy atom. The minimum absolute atomic E-state index is 0.0546. The highest BCUT2D eigenvalue weighted by Crippen LogP contribution is 2.28. The molecule has 7 nitrogen and oxygen atoms in total. The van der Waals surface area contributed by atoms with Crippen LogP contribution in [0.1, 0.15) is 10.4 Å². The van der Waals surface area contributed by atoms with E-state index in [1.807, 2.05) is 30.3 Å². The number of fused-ring (bicyclic) bond motifs is 1. The minimum atomic E-state index is -0.323. The molecule has 1 fully saturated rings. The first-order chi connectivity index (χ1) is 14.6. The van der Waals surface area contributed by atoms with Crippen molar-refractivity contribution in [2.75, 3.05) is 38.2 Å². The molecule has 0 aliphatic carbocycles. The van der Waals surface area contributed by atoms with Gasteiger partial charge in [-0.15, -0.1) is 0 Å². The third-order valence-corrected chi connectivity index (χ3v) is 5.14. The Morgan fingerprint density at radius 1 is 1.07 bits per heavy atom. The second-order valence-corrected chi connectivity index (χ2v) is 7.30. The second-order valence-electron chi connectivity index (χ2n) is 6.87. The maximum absolute atomic E-state index is 12.8. The predicted molar refractivity (Wildman–Crippen MR) is 116 cm³/mol. The number of aromatic nitrogens is 1. The number of nitrogens with one attached hydrogen (secondary N) is 2. The standard InChI is InChI=1S/C22H21ClN4O3/c23-15-5-6-18-17(13-15)20(7-8-24-18)26-19-4-2-1-3-16(19)22(29)25-14-21(28)27-9-11-30-12-10-27/h1-8,13H,9-12,14H2,(H,24,26)(H,25,29). The SMILES string of the molecule is O=C(NCC(=O)N1CCOCC1)c1ccccc1Nc1ccnc2ccc(Cl)cc12. The van der Waals surface area contributed by atoms with Crippen LogP contribution in [0.3, 0.4) is 0 Å². The number of carbonyl (C=O) groups excluding carboxylic acids is 2. The number of anilines is 2. The molecule has 2 amide bonds. The van der Waals surface area contributed by atoms with Crippen molar-refractivity contribution in [3.63, 3.8) is 0 Å². The number of hydrogen-bond acceptors (Lipinski definition) is 5. The molecule has 0 radical (unpaired) electrons. The van der Waals surface area contributed by atoms with Crippen LogP contribution in [0, 0.1) is 0 Å². The van der Waals surface area contributed by atoms with Crippen molar-refractivity contribution in [3.8, 4) is 0 Å². The average Bonchev–Trinajstić information content (AvgIpc) is 2.78. The van der Waals surface area contributed by atoms with E-state index in [4.69, 9.17) is 16.3 Å². The Labute approximate surface area is 179 Å². The fourth-order valence-corrected chi connectivity index (χ4v) is 3.51. The monoisotopic (exact) mass is 424 g/mol. The van der Waals surface area contributed by atoms with Gasteiger partial charge in [0.2, 0.25) is 5.91 Å². The van der Waals surface area contributed by atoms with Crippen molar-refractivity contribution in [3.05, 3.63) is 65.3 Å². The summed E-state index contributed by atoms with van der Waals surface area (Å²) in [5, 5.41) is 7.48. The van der Waals surface area contributed by atoms with E-state index in [1.54, 1.807) is 29.3 Å². The molecule has 8 heteroatoms. The van der Waals surface area contributed by atoms with Crippen LogP contribution in [0.2, 0.25) is 5.02 Å². The van der Waals surface area contributed by atoms with E-state index < -0.39 is 0 Å². The number of morpholine rings is 1. The third kappa shape index (κ3) is 4.53. The number of nitrogens with zero attached hydrogens (tertiary/aromatic N) is 2. The van der Waals surface area contributed by atoms with Crippen molar-refractivity contribution in [1.82, 2.24) is 15.2 Å². The van der Waals surface area contributed by atoms with Crippen molar-refractivity contribution >= 4 is 45.7 Å². The lowest BCUT2D eigenvalue weighted by molar-refractivity contribution is -0.134. The largest absolute Gasteiger partial charge is 0.378 e. The van der Waals surface area contributed by atoms with Crippen LogP contribution in [0.15, 0.2) is 54.7 Å². The van der Waals surface area contributed by atoms with Gasteiger partial charge in [0.15, 0.2) is 0 Å². The molecule has 30 heavy (non-hydrogen) atoms. The number of benzene rings is 2. The van der Waals surface area contributed by atoms with Gasteiger partial charge in [-0.1, -0.05) is 23.7 Å². The third-order valence-electron chi connectivity index (χ3n) is 4.91. The number of carbonyl (C=O) groups is 2. The van der Waals surface area contributed by atoms with Gasteiger partial charge < -0.3 is 20.3 Å². The molecule has 2 heterocycles. The van der Waals surface area contributed by atoms with E-state index in [0.29, 0.717) is 42.6 Å². The topological polar surface area (TPSA) is 83.6 Å². The zero-order chi connectivity index (χ0) is 20.9. The van der Waals surface area contributed by atoms with E-state index in [1.165, 1.54) is 0 Å². The second kappa shape index (κ2) is 9.11. The Hall–Kier alpha value is -3.16. The zero-order valence-corrected chi connectivity index (χ0v) is 17.0. The highest BCUT2D eigenvalue weighted by atomic mass is 35.5. The smallest absolute Gasteiger partial charge is 0.253 e. The number of para-hydroxylation sites is 1. The van der Waals surface area contributed by atoms with Gasteiger partial charge in [0, 0.05) is 35.4 Å². The van der Waals surface area contributed by atoms with Crippen LogP contribution in [0.5, 0.6) is 0 Å². The first kappa shape index (κ1) is 20.1. The van der Waals surface area contributed by atoms with E-state index in [-0.39, 0.29) is 18.4 Å². The molecule has 3 aromatic rings. The average molecular weight is 425 g/mol. The lowest BCUT2D eigenvalue weighted by Crippen LogP contribution is -2.45. The number of pyridine rings is 1. The van der Waals surface area contributed by atoms with Crippen molar-refractivity contribution in [2.24, 2.45) is 0 Å². The molecule has 1 saturated heterocycles. The van der Waals surface area contributed by atoms with Crippen LogP contribution >= 0.6 is 11.6 Å². The van der Waals surface area contributed by atoms with Gasteiger partial charge in [-0.25, -0.2) is 0 Å². The number of ether oxygens (including phenoxy) is 1. The minimum Gasteiger partial charge on any atom is -0.378 e. The van der Waals surface area contributed by atoms with Gasteiger partial charge in [0.25, 0.3) is 5.91 Å². The molecule has 0 unspecified atom stereocenters. The van der Waals surface area contributed by atoms with Crippen molar-refractivity contribution in [2.45, 2.75) is 0 Å². The van der Waals surface area contributed by atoms with E-state index in [0.717, 1.165) is 16.6 Å². The molecule has 2 aromatic carbocycles. The van der Waals surface area contributed by atoms with Crippen LogP contribution in [0.4, 0.5) is 11.4 Å². The Kier molecular flexibility index (Phi) is 6.11. The molecule has 1 aromatic heterocycles. The molecule has 4 rings (SSSR count). The van der Waals surface area contributed by atoms with Crippen LogP contribution in [0.25, 0.3) is 10.9 Å². The van der Waals surface area contributed by atoms with Crippen LogP contribution in [-0.4, -0.2) is 54.5 Å². The number of rotatable bonds is 5. The summed E-state index contributed by atoms with van der Waals surface area (Å²) in [7, 11) is 0. The number of hydrogen-bond donors (Lipinski definition) is 2. The maximum atomic E-state index is 12.8. The first-order valence-electron chi connectivity index (χ1n) is 9.66. The summed E-state index contributed by atoms with van der Waals surface area (Å²) in [6, 6.07) is 14.4. The quantitative estimate of drug-likeness (QED) is 0.657. The number of halogens is 1. The molecular formula is C22H21ClN4O3. The van der Waals surface area contributed by atoms with E-state index in [9.17, 15) is 9.59 Å². The Morgan fingerprint density at radius 3 is 2.70 bits per heavy atom. The maximum Gasteiger partial charge on any atom is 0.253 e. The summed E-state index contributed by atoms with van der Waals surface area (Å²) >= 11 is 6.15. The van der Waals surface area contributed by atoms with E-state index in [2.05, 4.69) is 15.6 Å². The fraction of sp³-hybridized carbons (Fsp3) is 0.227. The van der Waals surface area contributed by atoms with Gasteiger partial charge in [0.05, 0.1) is 36.5 Å². The normalized spacial score (nSPS) is 13.8. The molecule has 0 saturated carbocycles. The predicted octanol–water partition coefficient (Wildman–Crippen LogP) is 3.22. The Bertz CT molecular complexity index is 1080. The molecule has 1 aliphatic heterocycles. The summed E-state index contributed by atoms with van der Waals surface area (Å²) in [5.41, 5.74) is 2.65. The van der Waals surface area contributed by atoms with Crippen LogP contribution in [-0.2, 0) is 9.53 Å². The van der Waals surface area contributed by atoms with Gasteiger partial charge in [-0.2, -0.15) is 0 Å². The molecule has 1 aliphatic rings. The zero-order valence-electron chi connectivity index (χ0n) is 16.2.